The van der Waals surface area contributed by atoms with Crippen molar-refractivity contribution in [1.82, 2.24) is 19.7 Å². The Balaban J connectivity index is 1.97. The molecule has 0 unspecified atom stereocenters. The van der Waals surface area contributed by atoms with Gasteiger partial charge in [0.1, 0.15) is 0 Å². The molecule has 27 heavy (non-hydrogen) atoms. The molecule has 0 atom stereocenters. The highest BCUT2D eigenvalue weighted by molar-refractivity contribution is 6.06. The Morgan fingerprint density at radius 2 is 2.19 bits per heavy atom. The molecular formula is C18H22N6O3. The average molecular weight is 370 g/mol. The lowest BCUT2D eigenvalue weighted by Gasteiger charge is -2.25. The van der Waals surface area contributed by atoms with Gasteiger partial charge in [-0.1, -0.05) is 0 Å². The zero-order valence-electron chi connectivity index (χ0n) is 15.4. The van der Waals surface area contributed by atoms with Crippen LogP contribution < -0.4 is 4.74 Å². The second kappa shape index (κ2) is 8.54. The maximum Gasteiger partial charge on any atom is 0.274 e. The largest absolute Gasteiger partial charge is 0.481 e. The average Bonchev–Trinajstić information content (AvgIpc) is 3.17. The number of nitrogens with one attached hydrogen (secondary N) is 1. The summed E-state index contributed by atoms with van der Waals surface area (Å²) in [6.07, 6.45) is 3.59. The van der Waals surface area contributed by atoms with Crippen molar-refractivity contribution in [3.8, 4) is 11.6 Å². The smallest absolute Gasteiger partial charge is 0.274 e. The number of nitrogens with zero attached hydrogens (tertiary/aromatic N) is 5. The number of methoxy groups -OCH3 is 1. The Labute approximate surface area is 157 Å². The fraction of sp³-hybridized carbons (Fsp3) is 0.389. The Bertz CT molecular complexity index is 837. The molecule has 1 aliphatic rings. The third-order valence-electron chi connectivity index (χ3n) is 4.19. The van der Waals surface area contributed by atoms with E-state index >= 15 is 0 Å². The van der Waals surface area contributed by atoms with Gasteiger partial charge in [-0.2, -0.15) is 5.10 Å². The third kappa shape index (κ3) is 4.20. The Morgan fingerprint density at radius 1 is 1.41 bits per heavy atom. The van der Waals surface area contributed by atoms with Crippen LogP contribution in [0.1, 0.15) is 22.6 Å². The fourth-order valence-electron chi connectivity index (χ4n) is 2.73. The molecule has 1 amide bonds. The molecule has 3 rings (SSSR count). The summed E-state index contributed by atoms with van der Waals surface area (Å²) in [6, 6.07) is 5.14. The summed E-state index contributed by atoms with van der Waals surface area (Å²) in [6.45, 7) is 2.10. The zero-order valence-corrected chi connectivity index (χ0v) is 15.4. The number of hydrogen-bond donors (Lipinski definition) is 1. The second-order valence-corrected chi connectivity index (χ2v) is 5.91. The van der Waals surface area contributed by atoms with Crippen molar-refractivity contribution >= 4 is 17.8 Å². The summed E-state index contributed by atoms with van der Waals surface area (Å²) in [5, 5.41) is 12.8. The number of aliphatic imine (C=N–C) groups is 1. The minimum atomic E-state index is -0.170. The van der Waals surface area contributed by atoms with Crippen molar-refractivity contribution in [2.45, 2.75) is 6.42 Å². The van der Waals surface area contributed by atoms with Crippen LogP contribution in [0.3, 0.4) is 0 Å². The van der Waals surface area contributed by atoms with Gasteiger partial charge in [-0.3, -0.25) is 4.79 Å². The van der Waals surface area contributed by atoms with Crippen LogP contribution in [0.2, 0.25) is 0 Å². The van der Waals surface area contributed by atoms with E-state index in [9.17, 15) is 4.79 Å². The quantitative estimate of drug-likeness (QED) is 0.769. The first-order valence-electron chi connectivity index (χ1n) is 8.60. The first kappa shape index (κ1) is 18.7. The number of hydrogen-bond acceptors (Lipinski definition) is 7. The van der Waals surface area contributed by atoms with Crippen molar-refractivity contribution < 1.29 is 14.3 Å². The lowest BCUT2D eigenvalue weighted by atomic mass is 10.2. The van der Waals surface area contributed by atoms with Gasteiger partial charge >= 0.3 is 0 Å². The van der Waals surface area contributed by atoms with Crippen LogP contribution >= 0.6 is 0 Å². The van der Waals surface area contributed by atoms with Crippen molar-refractivity contribution in [2.24, 2.45) is 4.99 Å². The number of ether oxygens (including phenoxy) is 2. The molecule has 9 nitrogen and oxygen atoms in total. The Hall–Kier alpha value is -3.07. The van der Waals surface area contributed by atoms with E-state index in [1.807, 2.05) is 0 Å². The maximum atomic E-state index is 12.8. The highest BCUT2D eigenvalue weighted by Crippen LogP contribution is 2.17. The molecule has 2 aromatic rings. The number of aromatic nitrogens is 3. The van der Waals surface area contributed by atoms with Crippen LogP contribution in [0.4, 0.5) is 0 Å². The summed E-state index contributed by atoms with van der Waals surface area (Å²) in [7, 11) is 3.20. The lowest BCUT2D eigenvalue weighted by Crippen LogP contribution is -2.40. The van der Waals surface area contributed by atoms with Crippen molar-refractivity contribution in [1.29, 1.82) is 5.41 Å². The number of pyridine rings is 1. The van der Waals surface area contributed by atoms with Crippen molar-refractivity contribution in [3.63, 3.8) is 0 Å². The second-order valence-electron chi connectivity index (χ2n) is 5.91. The predicted octanol–water partition coefficient (Wildman–Crippen LogP) is 1.21. The third-order valence-corrected chi connectivity index (χ3v) is 4.19. The normalized spacial score (nSPS) is 14.5. The van der Waals surface area contributed by atoms with Gasteiger partial charge in [0, 0.05) is 38.8 Å². The number of rotatable bonds is 6. The summed E-state index contributed by atoms with van der Waals surface area (Å²) < 4.78 is 11.9. The van der Waals surface area contributed by atoms with E-state index in [0.717, 1.165) is 0 Å². The first-order chi connectivity index (χ1) is 13.1. The highest BCUT2D eigenvalue weighted by atomic mass is 16.5. The van der Waals surface area contributed by atoms with Crippen LogP contribution in [0.5, 0.6) is 5.88 Å². The van der Waals surface area contributed by atoms with Gasteiger partial charge in [0.05, 0.1) is 43.6 Å². The summed E-state index contributed by atoms with van der Waals surface area (Å²) in [5.74, 6) is 0.307. The molecule has 0 spiro atoms. The topological polar surface area (TPSA) is 106 Å². The molecule has 1 saturated heterocycles. The van der Waals surface area contributed by atoms with Crippen LogP contribution in [0.25, 0.3) is 5.69 Å². The van der Waals surface area contributed by atoms with E-state index in [1.54, 1.807) is 54.3 Å². The minimum absolute atomic E-state index is 0.170. The van der Waals surface area contributed by atoms with Crippen LogP contribution in [-0.4, -0.2) is 78.0 Å². The van der Waals surface area contributed by atoms with Gasteiger partial charge < -0.3 is 24.8 Å². The molecule has 3 heterocycles. The van der Waals surface area contributed by atoms with Gasteiger partial charge in [0.25, 0.3) is 5.91 Å². The lowest BCUT2D eigenvalue weighted by molar-refractivity contribution is 0.0298. The molecule has 1 aliphatic heterocycles. The standard InChI is InChI=1S/C18H22N6O3/c1-20-6-5-14(19)16-11-15(18(25)23-7-9-27-10-8-23)22-24(16)13-3-4-17(26-2)21-12-13/h3-4,6,11-12,19H,5,7-10H2,1-2H3. The number of carbonyl (C=O) groups excluding carboxylic acids is 1. The molecule has 0 aromatic carbocycles. The molecule has 0 aliphatic carbocycles. The first-order valence-corrected chi connectivity index (χ1v) is 8.60. The van der Waals surface area contributed by atoms with Crippen LogP contribution in [0, 0.1) is 5.41 Å². The van der Waals surface area contributed by atoms with E-state index < -0.39 is 0 Å². The van der Waals surface area contributed by atoms with E-state index in [4.69, 9.17) is 14.9 Å². The SMILES string of the molecule is CN=CCC(=N)c1cc(C(=O)N2CCOCC2)nn1-c1ccc(OC)nc1. The van der Waals surface area contributed by atoms with Crippen molar-refractivity contribution in [2.75, 3.05) is 40.5 Å². The number of morpholine rings is 1. The summed E-state index contributed by atoms with van der Waals surface area (Å²) >= 11 is 0. The predicted molar refractivity (Wildman–Crippen MR) is 100 cm³/mol. The molecule has 142 valence electrons. The van der Waals surface area contributed by atoms with Crippen LogP contribution in [-0.2, 0) is 4.74 Å². The molecule has 0 bridgehead atoms. The number of carbonyl (C=O) groups is 1. The highest BCUT2D eigenvalue weighted by Gasteiger charge is 2.24. The van der Waals surface area contributed by atoms with E-state index in [2.05, 4.69) is 15.1 Å². The van der Waals surface area contributed by atoms with E-state index in [-0.39, 0.29) is 5.91 Å². The molecule has 1 fully saturated rings. The van der Waals surface area contributed by atoms with Crippen molar-refractivity contribution in [3.05, 3.63) is 35.8 Å². The van der Waals surface area contributed by atoms with E-state index in [0.29, 0.717) is 61.4 Å². The van der Waals surface area contributed by atoms with Gasteiger partial charge in [-0.15, -0.1) is 0 Å². The Morgan fingerprint density at radius 3 is 2.81 bits per heavy atom. The van der Waals surface area contributed by atoms with E-state index in [1.165, 1.54) is 0 Å². The van der Waals surface area contributed by atoms with Gasteiger partial charge in [-0.25, -0.2) is 9.67 Å². The molecule has 0 radical (unpaired) electrons. The zero-order chi connectivity index (χ0) is 19.2. The minimum Gasteiger partial charge on any atom is -0.481 e. The summed E-state index contributed by atoms with van der Waals surface area (Å²) in [4.78, 5) is 22.6. The molecule has 2 aromatic heterocycles. The Kier molecular flexibility index (Phi) is 5.92. The van der Waals surface area contributed by atoms with Gasteiger partial charge in [0.2, 0.25) is 5.88 Å². The molecule has 0 saturated carbocycles. The van der Waals surface area contributed by atoms with Gasteiger partial charge in [-0.05, 0) is 12.1 Å². The summed E-state index contributed by atoms with van der Waals surface area (Å²) in [5.41, 5.74) is 1.77. The fourth-order valence-corrected chi connectivity index (χ4v) is 2.73. The molecule has 1 N–H and O–H groups in total. The molecular weight excluding hydrogens is 348 g/mol. The monoisotopic (exact) mass is 370 g/mol. The number of amides is 1. The maximum absolute atomic E-state index is 12.8. The van der Waals surface area contributed by atoms with Crippen LogP contribution in [0.15, 0.2) is 29.4 Å². The molecule has 9 heteroatoms. The van der Waals surface area contributed by atoms with Gasteiger partial charge in [0.15, 0.2) is 5.69 Å².